The minimum absolute atomic E-state index is 0.107. The molecule has 0 fully saturated rings. The highest BCUT2D eigenvalue weighted by atomic mass is 35.5. The standard InChI is InChI=1S/C14H11Cl2F2N/c15-11-2-1-3-12(16)9(11)7-14(19)10-6-8(17)4-5-13(10)18/h1-6,14H,7,19H2. The van der Waals surface area contributed by atoms with Crippen molar-refractivity contribution in [1.82, 2.24) is 0 Å². The van der Waals surface area contributed by atoms with Crippen molar-refractivity contribution in [3.8, 4) is 0 Å². The quantitative estimate of drug-likeness (QED) is 0.886. The van der Waals surface area contributed by atoms with Crippen LogP contribution in [0.25, 0.3) is 0 Å². The van der Waals surface area contributed by atoms with Gasteiger partial charge in [0.2, 0.25) is 0 Å². The molecule has 0 radical (unpaired) electrons. The van der Waals surface area contributed by atoms with Crippen molar-refractivity contribution in [3.05, 3.63) is 69.2 Å². The molecular weight excluding hydrogens is 291 g/mol. The third-order valence-corrected chi connectivity index (χ3v) is 3.55. The van der Waals surface area contributed by atoms with E-state index in [1.54, 1.807) is 18.2 Å². The maximum atomic E-state index is 13.6. The minimum atomic E-state index is -0.715. The Labute approximate surface area is 119 Å². The summed E-state index contributed by atoms with van der Waals surface area (Å²) in [6.45, 7) is 0. The highest BCUT2D eigenvalue weighted by Gasteiger charge is 2.16. The molecule has 0 heterocycles. The molecule has 0 bridgehead atoms. The Hall–Kier alpha value is -1.16. The van der Waals surface area contributed by atoms with Crippen molar-refractivity contribution >= 4 is 23.2 Å². The van der Waals surface area contributed by atoms with Gasteiger partial charge in [0, 0.05) is 21.7 Å². The van der Waals surface area contributed by atoms with Gasteiger partial charge < -0.3 is 5.73 Å². The summed E-state index contributed by atoms with van der Waals surface area (Å²) in [6, 6.07) is 7.54. The third-order valence-electron chi connectivity index (χ3n) is 2.84. The molecule has 0 aliphatic rings. The van der Waals surface area contributed by atoms with Crippen molar-refractivity contribution in [2.75, 3.05) is 0 Å². The van der Waals surface area contributed by atoms with Crippen LogP contribution in [0.2, 0.25) is 10.0 Å². The lowest BCUT2D eigenvalue weighted by atomic mass is 9.99. The Bertz CT molecular complexity index is 582. The number of rotatable bonds is 3. The van der Waals surface area contributed by atoms with Gasteiger partial charge in [-0.25, -0.2) is 8.78 Å². The predicted molar refractivity (Wildman–Crippen MR) is 73.5 cm³/mol. The highest BCUT2D eigenvalue weighted by Crippen LogP contribution is 2.29. The van der Waals surface area contributed by atoms with Gasteiger partial charge in [-0.05, 0) is 42.3 Å². The molecule has 0 saturated heterocycles. The van der Waals surface area contributed by atoms with Crippen LogP contribution in [0, 0.1) is 11.6 Å². The maximum Gasteiger partial charge on any atom is 0.128 e. The summed E-state index contributed by atoms with van der Waals surface area (Å²) in [4.78, 5) is 0. The van der Waals surface area contributed by atoms with Crippen LogP contribution in [0.3, 0.4) is 0 Å². The normalized spacial score (nSPS) is 12.5. The smallest absolute Gasteiger partial charge is 0.128 e. The Morgan fingerprint density at radius 3 is 2.32 bits per heavy atom. The number of nitrogens with two attached hydrogens (primary N) is 1. The molecule has 0 aromatic heterocycles. The Kier molecular flexibility index (Phi) is 4.40. The van der Waals surface area contributed by atoms with Gasteiger partial charge in [-0.3, -0.25) is 0 Å². The molecule has 2 aromatic carbocycles. The first-order valence-electron chi connectivity index (χ1n) is 5.62. The molecule has 2 N–H and O–H groups in total. The van der Waals surface area contributed by atoms with Gasteiger partial charge in [-0.1, -0.05) is 29.3 Å². The van der Waals surface area contributed by atoms with E-state index >= 15 is 0 Å². The molecule has 2 rings (SSSR count). The van der Waals surface area contributed by atoms with Crippen molar-refractivity contribution in [2.45, 2.75) is 12.5 Å². The molecule has 1 unspecified atom stereocenters. The van der Waals surface area contributed by atoms with E-state index in [9.17, 15) is 8.78 Å². The lowest BCUT2D eigenvalue weighted by molar-refractivity contribution is 0.561. The summed E-state index contributed by atoms with van der Waals surface area (Å²) in [5, 5.41) is 0.916. The van der Waals surface area contributed by atoms with Crippen molar-refractivity contribution in [1.29, 1.82) is 0 Å². The largest absolute Gasteiger partial charge is 0.324 e. The summed E-state index contributed by atoms with van der Waals surface area (Å²) in [5.41, 5.74) is 6.64. The summed E-state index contributed by atoms with van der Waals surface area (Å²) in [6.07, 6.45) is 0.235. The molecule has 1 nitrogen and oxygen atoms in total. The van der Waals surface area contributed by atoms with E-state index in [1.165, 1.54) is 0 Å². The van der Waals surface area contributed by atoms with Crippen LogP contribution in [-0.4, -0.2) is 0 Å². The molecule has 100 valence electrons. The van der Waals surface area contributed by atoms with Gasteiger partial charge in [0.1, 0.15) is 11.6 Å². The first kappa shape index (κ1) is 14.3. The topological polar surface area (TPSA) is 26.0 Å². The molecule has 0 amide bonds. The van der Waals surface area contributed by atoms with Gasteiger partial charge in [0.25, 0.3) is 0 Å². The van der Waals surface area contributed by atoms with E-state index in [2.05, 4.69) is 0 Å². The molecule has 0 aliphatic heterocycles. The van der Waals surface area contributed by atoms with Gasteiger partial charge in [-0.15, -0.1) is 0 Å². The second-order valence-electron chi connectivity index (χ2n) is 4.18. The number of halogens is 4. The van der Waals surface area contributed by atoms with E-state index in [0.717, 1.165) is 18.2 Å². The van der Waals surface area contributed by atoms with Crippen molar-refractivity contribution < 1.29 is 8.78 Å². The Morgan fingerprint density at radius 1 is 1.05 bits per heavy atom. The lowest BCUT2D eigenvalue weighted by Crippen LogP contribution is -2.15. The van der Waals surface area contributed by atoms with E-state index in [4.69, 9.17) is 28.9 Å². The second-order valence-corrected chi connectivity index (χ2v) is 4.99. The van der Waals surface area contributed by atoms with E-state index in [1.807, 2.05) is 0 Å². The van der Waals surface area contributed by atoms with Gasteiger partial charge in [-0.2, -0.15) is 0 Å². The summed E-state index contributed by atoms with van der Waals surface area (Å²) >= 11 is 12.0. The van der Waals surface area contributed by atoms with E-state index in [0.29, 0.717) is 15.6 Å². The van der Waals surface area contributed by atoms with Crippen molar-refractivity contribution in [3.63, 3.8) is 0 Å². The van der Waals surface area contributed by atoms with Crippen LogP contribution in [0.4, 0.5) is 8.78 Å². The van der Waals surface area contributed by atoms with Crippen LogP contribution in [0.15, 0.2) is 36.4 Å². The van der Waals surface area contributed by atoms with Crippen molar-refractivity contribution in [2.24, 2.45) is 5.73 Å². The monoisotopic (exact) mass is 301 g/mol. The van der Waals surface area contributed by atoms with Crippen LogP contribution < -0.4 is 5.73 Å². The van der Waals surface area contributed by atoms with Crippen LogP contribution >= 0.6 is 23.2 Å². The maximum absolute atomic E-state index is 13.6. The number of benzene rings is 2. The van der Waals surface area contributed by atoms with Crippen LogP contribution in [0.1, 0.15) is 17.2 Å². The van der Waals surface area contributed by atoms with Gasteiger partial charge in [0.05, 0.1) is 0 Å². The van der Waals surface area contributed by atoms with Gasteiger partial charge >= 0.3 is 0 Å². The summed E-state index contributed by atoms with van der Waals surface area (Å²) in [7, 11) is 0. The first-order chi connectivity index (χ1) is 8.99. The first-order valence-corrected chi connectivity index (χ1v) is 6.38. The van der Waals surface area contributed by atoms with E-state index in [-0.39, 0.29) is 12.0 Å². The Balaban J connectivity index is 2.31. The molecule has 19 heavy (non-hydrogen) atoms. The zero-order valence-corrected chi connectivity index (χ0v) is 11.3. The fourth-order valence-electron chi connectivity index (χ4n) is 1.86. The van der Waals surface area contributed by atoms with Crippen LogP contribution in [-0.2, 0) is 6.42 Å². The molecule has 0 spiro atoms. The average molecular weight is 302 g/mol. The highest BCUT2D eigenvalue weighted by molar-refractivity contribution is 6.36. The zero-order valence-electron chi connectivity index (χ0n) is 9.84. The SMILES string of the molecule is NC(Cc1c(Cl)cccc1Cl)c1cc(F)ccc1F. The lowest BCUT2D eigenvalue weighted by Gasteiger charge is -2.15. The molecule has 1 atom stereocenters. The molecule has 0 saturated carbocycles. The molecular formula is C14H11Cl2F2N. The summed E-state index contributed by atoms with van der Waals surface area (Å²) < 4.78 is 26.7. The predicted octanol–water partition coefficient (Wildman–Crippen LogP) is 4.51. The number of hydrogen-bond acceptors (Lipinski definition) is 1. The second kappa shape index (κ2) is 5.87. The zero-order chi connectivity index (χ0) is 14.0. The van der Waals surface area contributed by atoms with E-state index < -0.39 is 17.7 Å². The van der Waals surface area contributed by atoms with Crippen LogP contribution in [0.5, 0.6) is 0 Å². The molecule has 0 aliphatic carbocycles. The minimum Gasteiger partial charge on any atom is -0.324 e. The average Bonchev–Trinajstić information content (AvgIpc) is 2.37. The third kappa shape index (κ3) is 3.24. The fourth-order valence-corrected chi connectivity index (χ4v) is 2.41. The fraction of sp³-hybridized carbons (Fsp3) is 0.143. The molecule has 5 heteroatoms. The number of hydrogen-bond donors (Lipinski definition) is 1. The van der Waals surface area contributed by atoms with Gasteiger partial charge in [0.15, 0.2) is 0 Å². The summed E-state index contributed by atoms with van der Waals surface area (Å²) in [5.74, 6) is -1.07. The molecule has 2 aromatic rings. The Morgan fingerprint density at radius 2 is 1.68 bits per heavy atom.